The quantitative estimate of drug-likeness (QED) is 0.917. The van der Waals surface area contributed by atoms with Gasteiger partial charge in [0.2, 0.25) is 0 Å². The molecule has 2 nitrogen and oxygen atoms in total. The van der Waals surface area contributed by atoms with Gasteiger partial charge in [0.1, 0.15) is 0 Å². The summed E-state index contributed by atoms with van der Waals surface area (Å²) < 4.78 is 0. The molecular weight excluding hydrogens is 256 g/mol. The summed E-state index contributed by atoms with van der Waals surface area (Å²) in [4.78, 5) is 2.82. The Hall–Kier alpha value is -0.860. The van der Waals surface area contributed by atoms with E-state index in [1.54, 1.807) is 11.1 Å². The fourth-order valence-electron chi connectivity index (χ4n) is 4.49. The standard InChI is InChI=1S/C19H28N2/c1-14-12-21(19(11-20-14)16-9-10-16)13-17-7-4-6-15-5-2-3-8-18(15)17/h2-3,5,8,14,16-17,19-20H,4,6-7,9-13H2,1H3. The Morgan fingerprint density at radius 2 is 2.05 bits per heavy atom. The molecule has 1 aromatic rings. The molecule has 0 spiro atoms. The first kappa shape index (κ1) is 13.8. The number of hydrogen-bond donors (Lipinski definition) is 1. The highest BCUT2D eigenvalue weighted by molar-refractivity contribution is 5.32. The maximum Gasteiger partial charge on any atom is 0.0249 e. The molecule has 0 radical (unpaired) electrons. The smallest absolute Gasteiger partial charge is 0.0249 e. The highest BCUT2D eigenvalue weighted by Gasteiger charge is 2.39. The third kappa shape index (κ3) is 2.89. The molecule has 114 valence electrons. The monoisotopic (exact) mass is 284 g/mol. The molecule has 3 unspecified atom stereocenters. The Labute approximate surface area is 128 Å². The zero-order valence-electron chi connectivity index (χ0n) is 13.2. The number of fused-ring (bicyclic) bond motifs is 1. The minimum absolute atomic E-state index is 0.652. The van der Waals surface area contributed by atoms with Gasteiger partial charge in [0.15, 0.2) is 0 Å². The molecular formula is C19H28N2. The first-order valence-corrected chi connectivity index (χ1v) is 8.86. The molecule has 1 aliphatic heterocycles. The van der Waals surface area contributed by atoms with Crippen molar-refractivity contribution in [2.45, 2.75) is 57.0 Å². The molecule has 21 heavy (non-hydrogen) atoms. The van der Waals surface area contributed by atoms with Crippen LogP contribution >= 0.6 is 0 Å². The molecule has 0 bridgehead atoms. The number of nitrogens with zero attached hydrogens (tertiary/aromatic N) is 1. The van der Waals surface area contributed by atoms with Gasteiger partial charge in [0, 0.05) is 31.7 Å². The fourth-order valence-corrected chi connectivity index (χ4v) is 4.49. The van der Waals surface area contributed by atoms with Gasteiger partial charge in [-0.3, -0.25) is 4.90 Å². The van der Waals surface area contributed by atoms with Crippen LogP contribution in [0.25, 0.3) is 0 Å². The molecule has 3 atom stereocenters. The summed E-state index contributed by atoms with van der Waals surface area (Å²) in [5.41, 5.74) is 3.25. The van der Waals surface area contributed by atoms with E-state index in [0.717, 1.165) is 17.9 Å². The second-order valence-electron chi connectivity index (χ2n) is 7.46. The number of rotatable bonds is 3. The van der Waals surface area contributed by atoms with Crippen molar-refractivity contribution in [2.75, 3.05) is 19.6 Å². The lowest BCUT2D eigenvalue weighted by Crippen LogP contribution is -2.57. The topological polar surface area (TPSA) is 15.3 Å². The summed E-state index contributed by atoms with van der Waals surface area (Å²) in [7, 11) is 0. The van der Waals surface area contributed by atoms with Crippen LogP contribution in [0.3, 0.4) is 0 Å². The molecule has 1 N–H and O–H groups in total. The van der Waals surface area contributed by atoms with Crippen molar-refractivity contribution in [3.05, 3.63) is 35.4 Å². The summed E-state index contributed by atoms with van der Waals surface area (Å²) in [6, 6.07) is 10.6. The average Bonchev–Trinajstić information content (AvgIpc) is 3.33. The number of piperazine rings is 1. The van der Waals surface area contributed by atoms with E-state index in [2.05, 4.69) is 41.4 Å². The van der Waals surface area contributed by atoms with E-state index in [4.69, 9.17) is 0 Å². The lowest BCUT2D eigenvalue weighted by atomic mass is 9.82. The minimum Gasteiger partial charge on any atom is -0.311 e. The Bertz CT molecular complexity index is 494. The van der Waals surface area contributed by atoms with Crippen LogP contribution in [0.1, 0.15) is 49.7 Å². The van der Waals surface area contributed by atoms with E-state index >= 15 is 0 Å². The summed E-state index contributed by atoms with van der Waals surface area (Å²) in [5, 5.41) is 3.70. The highest BCUT2D eigenvalue weighted by atomic mass is 15.2. The largest absolute Gasteiger partial charge is 0.311 e. The number of nitrogens with one attached hydrogen (secondary N) is 1. The van der Waals surface area contributed by atoms with E-state index in [1.165, 1.54) is 51.7 Å². The second kappa shape index (κ2) is 5.73. The van der Waals surface area contributed by atoms with E-state index in [9.17, 15) is 0 Å². The van der Waals surface area contributed by atoms with Crippen molar-refractivity contribution in [1.82, 2.24) is 10.2 Å². The van der Waals surface area contributed by atoms with Crippen molar-refractivity contribution in [2.24, 2.45) is 5.92 Å². The van der Waals surface area contributed by atoms with Gasteiger partial charge in [-0.2, -0.15) is 0 Å². The number of benzene rings is 1. The van der Waals surface area contributed by atoms with Gasteiger partial charge in [-0.1, -0.05) is 24.3 Å². The molecule has 2 heteroatoms. The van der Waals surface area contributed by atoms with Gasteiger partial charge in [-0.15, -0.1) is 0 Å². The molecule has 2 fully saturated rings. The first-order valence-electron chi connectivity index (χ1n) is 8.86. The molecule has 1 aromatic carbocycles. The lowest BCUT2D eigenvalue weighted by molar-refractivity contribution is 0.109. The van der Waals surface area contributed by atoms with Gasteiger partial charge in [-0.05, 0) is 62.0 Å². The number of hydrogen-bond acceptors (Lipinski definition) is 2. The molecule has 2 aliphatic carbocycles. The van der Waals surface area contributed by atoms with Gasteiger partial charge in [0.25, 0.3) is 0 Å². The molecule has 1 heterocycles. The Morgan fingerprint density at radius 3 is 2.90 bits per heavy atom. The Kier molecular flexibility index (Phi) is 3.76. The summed E-state index contributed by atoms with van der Waals surface area (Å²) >= 11 is 0. The van der Waals surface area contributed by atoms with Gasteiger partial charge < -0.3 is 5.32 Å². The predicted octanol–water partition coefficient (Wildman–Crippen LogP) is 3.18. The van der Waals surface area contributed by atoms with E-state index < -0.39 is 0 Å². The number of aryl methyl sites for hydroxylation is 1. The molecule has 1 saturated heterocycles. The van der Waals surface area contributed by atoms with Crippen LogP contribution in [-0.4, -0.2) is 36.6 Å². The minimum atomic E-state index is 0.652. The Balaban J connectivity index is 1.51. The maximum atomic E-state index is 3.70. The van der Waals surface area contributed by atoms with Gasteiger partial charge in [0.05, 0.1) is 0 Å². The summed E-state index contributed by atoms with van der Waals surface area (Å²) in [6.45, 7) is 6.06. The molecule has 4 rings (SSSR count). The zero-order valence-corrected chi connectivity index (χ0v) is 13.2. The van der Waals surface area contributed by atoms with Crippen molar-refractivity contribution in [3.8, 4) is 0 Å². The Morgan fingerprint density at radius 1 is 1.19 bits per heavy atom. The van der Waals surface area contributed by atoms with Gasteiger partial charge >= 0.3 is 0 Å². The van der Waals surface area contributed by atoms with Crippen LogP contribution in [0, 0.1) is 5.92 Å². The van der Waals surface area contributed by atoms with E-state index in [-0.39, 0.29) is 0 Å². The van der Waals surface area contributed by atoms with Crippen LogP contribution < -0.4 is 5.32 Å². The molecule has 1 saturated carbocycles. The molecule has 3 aliphatic rings. The summed E-state index contributed by atoms with van der Waals surface area (Å²) in [6.07, 6.45) is 6.96. The van der Waals surface area contributed by atoms with Crippen LogP contribution in [0.4, 0.5) is 0 Å². The first-order chi connectivity index (χ1) is 10.3. The van der Waals surface area contributed by atoms with Crippen LogP contribution in [0.2, 0.25) is 0 Å². The lowest BCUT2D eigenvalue weighted by Gasteiger charge is -2.42. The van der Waals surface area contributed by atoms with Crippen molar-refractivity contribution < 1.29 is 0 Å². The zero-order chi connectivity index (χ0) is 14.2. The third-order valence-electron chi connectivity index (χ3n) is 5.77. The molecule has 0 aromatic heterocycles. The predicted molar refractivity (Wildman–Crippen MR) is 87.7 cm³/mol. The van der Waals surface area contributed by atoms with Gasteiger partial charge in [-0.25, -0.2) is 0 Å². The summed E-state index contributed by atoms with van der Waals surface area (Å²) in [5.74, 6) is 1.74. The van der Waals surface area contributed by atoms with Crippen LogP contribution in [-0.2, 0) is 6.42 Å². The second-order valence-corrected chi connectivity index (χ2v) is 7.46. The average molecular weight is 284 g/mol. The normalized spacial score (nSPS) is 33.7. The molecule has 0 amide bonds. The van der Waals surface area contributed by atoms with Crippen molar-refractivity contribution in [3.63, 3.8) is 0 Å². The maximum absolute atomic E-state index is 3.70. The highest BCUT2D eigenvalue weighted by Crippen LogP contribution is 2.38. The van der Waals surface area contributed by atoms with E-state index in [0.29, 0.717) is 6.04 Å². The van der Waals surface area contributed by atoms with E-state index in [1.807, 2.05) is 0 Å². The van der Waals surface area contributed by atoms with Crippen LogP contribution in [0.15, 0.2) is 24.3 Å². The SMILES string of the molecule is CC1CN(CC2CCCc3ccccc32)C(C2CC2)CN1. The third-order valence-corrected chi connectivity index (χ3v) is 5.77. The van der Waals surface area contributed by atoms with Crippen LogP contribution in [0.5, 0.6) is 0 Å². The van der Waals surface area contributed by atoms with Crippen molar-refractivity contribution >= 4 is 0 Å². The van der Waals surface area contributed by atoms with Crippen molar-refractivity contribution in [1.29, 1.82) is 0 Å². The fraction of sp³-hybridized carbons (Fsp3) is 0.684.